The molecule has 3 amide bonds. The maximum absolute atomic E-state index is 13.0. The fourth-order valence-electron chi connectivity index (χ4n) is 4.77. The fourth-order valence-corrected chi connectivity index (χ4v) is 4.77. The van der Waals surface area contributed by atoms with Crippen LogP contribution in [0.3, 0.4) is 0 Å². The minimum Gasteiger partial charge on any atom is -0.376 e. The molecule has 2 aliphatic heterocycles. The van der Waals surface area contributed by atoms with E-state index in [1.54, 1.807) is 0 Å². The lowest BCUT2D eigenvalue weighted by Gasteiger charge is -2.37. The molecule has 2 heterocycles. The van der Waals surface area contributed by atoms with Gasteiger partial charge in [0.2, 0.25) is 5.91 Å². The van der Waals surface area contributed by atoms with Crippen LogP contribution in [0.2, 0.25) is 0 Å². The molecule has 0 spiro atoms. The van der Waals surface area contributed by atoms with Crippen LogP contribution >= 0.6 is 0 Å². The van der Waals surface area contributed by atoms with Crippen LogP contribution in [0.5, 0.6) is 0 Å². The zero-order valence-corrected chi connectivity index (χ0v) is 16.3. The molecule has 2 saturated heterocycles. The third-order valence-electron chi connectivity index (χ3n) is 6.41. The fraction of sp³-hybridized carbons (Fsp3) is 0.619. The second-order valence-corrected chi connectivity index (χ2v) is 8.23. The first-order valence-corrected chi connectivity index (χ1v) is 10.4. The van der Waals surface area contributed by atoms with Gasteiger partial charge in [-0.15, -0.1) is 0 Å². The van der Waals surface area contributed by atoms with Crippen molar-refractivity contribution in [3.05, 3.63) is 24.3 Å². The van der Waals surface area contributed by atoms with E-state index in [-0.39, 0.29) is 23.5 Å². The number of carbonyl (C=O) groups excluding carboxylic acids is 2. The number of benzene rings is 1. The quantitative estimate of drug-likeness (QED) is 0.626. The maximum Gasteiger partial charge on any atom is 0.319 e. The molecule has 28 heavy (non-hydrogen) atoms. The van der Waals surface area contributed by atoms with Crippen LogP contribution < -0.4 is 21.3 Å². The highest BCUT2D eigenvalue weighted by Gasteiger charge is 2.49. The van der Waals surface area contributed by atoms with Crippen LogP contribution in [0.1, 0.15) is 38.5 Å². The second-order valence-electron chi connectivity index (χ2n) is 8.23. The number of hydrogen-bond acceptors (Lipinski definition) is 4. The van der Waals surface area contributed by atoms with Gasteiger partial charge in [0.1, 0.15) is 0 Å². The molecule has 3 fully saturated rings. The summed E-state index contributed by atoms with van der Waals surface area (Å²) in [5, 5.41) is 12.2. The molecule has 1 unspecified atom stereocenters. The van der Waals surface area contributed by atoms with Gasteiger partial charge in [-0.2, -0.15) is 0 Å². The van der Waals surface area contributed by atoms with E-state index >= 15 is 0 Å². The van der Waals surface area contributed by atoms with Crippen LogP contribution in [0, 0.1) is 11.3 Å². The monoisotopic (exact) mass is 386 g/mol. The third-order valence-corrected chi connectivity index (χ3v) is 6.41. The number of amides is 3. The van der Waals surface area contributed by atoms with Crippen LogP contribution in [-0.4, -0.2) is 44.3 Å². The largest absolute Gasteiger partial charge is 0.376 e. The third kappa shape index (κ3) is 4.15. The van der Waals surface area contributed by atoms with Gasteiger partial charge in [0, 0.05) is 31.1 Å². The SMILES string of the molecule is O=C(NCC1CCCO1)Nc1ccc(NC(=O)[C@@]23CCCC[C@H]2CNC3)cc1. The van der Waals surface area contributed by atoms with E-state index in [1.165, 1.54) is 6.42 Å². The summed E-state index contributed by atoms with van der Waals surface area (Å²) in [6, 6.07) is 7.05. The van der Waals surface area contributed by atoms with Crippen molar-refractivity contribution in [2.45, 2.75) is 44.6 Å². The Balaban J connectivity index is 1.29. The molecule has 7 heteroatoms. The first kappa shape index (κ1) is 19.2. The van der Waals surface area contributed by atoms with Gasteiger partial charge in [-0.3, -0.25) is 4.79 Å². The summed E-state index contributed by atoms with van der Waals surface area (Å²) in [4.78, 5) is 25.0. The normalized spacial score (nSPS) is 29.1. The Morgan fingerprint density at radius 3 is 2.61 bits per heavy atom. The van der Waals surface area contributed by atoms with Gasteiger partial charge in [0.05, 0.1) is 11.5 Å². The summed E-state index contributed by atoms with van der Waals surface area (Å²) in [6.45, 7) is 3.02. The minimum atomic E-state index is -0.267. The molecule has 0 radical (unpaired) electrons. The summed E-state index contributed by atoms with van der Waals surface area (Å²) in [5.74, 6) is 0.562. The van der Waals surface area contributed by atoms with Crippen LogP contribution in [0.15, 0.2) is 24.3 Å². The van der Waals surface area contributed by atoms with Gasteiger partial charge in [-0.05, 0) is 62.4 Å². The van der Waals surface area contributed by atoms with Crippen LogP contribution in [0.25, 0.3) is 0 Å². The summed E-state index contributed by atoms with van der Waals surface area (Å²) in [7, 11) is 0. The topological polar surface area (TPSA) is 91.5 Å². The summed E-state index contributed by atoms with van der Waals surface area (Å²) in [5.41, 5.74) is 1.19. The smallest absolute Gasteiger partial charge is 0.319 e. The molecule has 0 aromatic heterocycles. The molecule has 3 aliphatic rings. The number of carbonyl (C=O) groups is 2. The standard InChI is InChI=1S/C21H30N4O3/c26-19(21-10-2-1-4-15(21)12-22-14-21)24-16-6-8-17(9-7-16)25-20(27)23-13-18-5-3-11-28-18/h6-9,15,18,22H,1-5,10-14H2,(H,24,26)(H2,23,25,27)/t15-,18?,21+/m0/s1. The minimum absolute atomic E-state index is 0.122. The number of ether oxygens (including phenoxy) is 1. The molecule has 1 saturated carbocycles. The molecule has 7 nitrogen and oxygen atoms in total. The molecule has 1 aromatic carbocycles. The predicted molar refractivity (Wildman–Crippen MR) is 108 cm³/mol. The van der Waals surface area contributed by atoms with E-state index < -0.39 is 0 Å². The first-order valence-electron chi connectivity index (χ1n) is 10.4. The van der Waals surface area contributed by atoms with Crippen LogP contribution in [-0.2, 0) is 9.53 Å². The van der Waals surface area contributed by atoms with E-state index in [0.717, 1.165) is 57.5 Å². The highest BCUT2D eigenvalue weighted by molar-refractivity contribution is 5.96. The number of rotatable bonds is 5. The highest BCUT2D eigenvalue weighted by Crippen LogP contribution is 2.44. The van der Waals surface area contributed by atoms with Crippen molar-refractivity contribution in [1.29, 1.82) is 0 Å². The maximum atomic E-state index is 13.0. The van der Waals surface area contributed by atoms with Crippen molar-refractivity contribution < 1.29 is 14.3 Å². The van der Waals surface area contributed by atoms with E-state index in [1.807, 2.05) is 24.3 Å². The van der Waals surface area contributed by atoms with Crippen molar-refractivity contribution in [2.75, 3.05) is 36.9 Å². The van der Waals surface area contributed by atoms with Gasteiger partial charge >= 0.3 is 6.03 Å². The van der Waals surface area contributed by atoms with E-state index in [4.69, 9.17) is 4.74 Å². The predicted octanol–water partition coefficient (Wildman–Crippen LogP) is 2.71. The molecule has 3 atom stereocenters. The van der Waals surface area contributed by atoms with Gasteiger partial charge < -0.3 is 26.0 Å². The molecule has 152 valence electrons. The van der Waals surface area contributed by atoms with E-state index in [2.05, 4.69) is 21.3 Å². The second kappa shape index (κ2) is 8.49. The molecular weight excluding hydrogens is 356 g/mol. The Kier molecular flexibility index (Phi) is 5.82. The Morgan fingerprint density at radius 1 is 1.07 bits per heavy atom. The van der Waals surface area contributed by atoms with Crippen molar-refractivity contribution in [3.63, 3.8) is 0 Å². The number of fused-ring (bicyclic) bond motifs is 1. The van der Waals surface area contributed by atoms with Crippen molar-refractivity contribution >= 4 is 23.3 Å². The summed E-state index contributed by atoms with van der Waals surface area (Å²) >= 11 is 0. The Hall–Kier alpha value is -2.12. The lowest BCUT2D eigenvalue weighted by atomic mass is 9.67. The number of urea groups is 1. The van der Waals surface area contributed by atoms with Crippen molar-refractivity contribution in [2.24, 2.45) is 11.3 Å². The molecule has 1 aliphatic carbocycles. The average Bonchev–Trinajstić information content (AvgIpc) is 3.38. The zero-order valence-electron chi connectivity index (χ0n) is 16.3. The highest BCUT2D eigenvalue weighted by atomic mass is 16.5. The Bertz CT molecular complexity index is 702. The van der Waals surface area contributed by atoms with Gasteiger partial charge in [0.25, 0.3) is 0 Å². The lowest BCUT2D eigenvalue weighted by molar-refractivity contribution is -0.128. The number of anilines is 2. The van der Waals surface area contributed by atoms with Gasteiger partial charge in [-0.1, -0.05) is 12.8 Å². The number of nitrogens with one attached hydrogen (secondary N) is 4. The first-order chi connectivity index (χ1) is 13.7. The summed E-state index contributed by atoms with van der Waals surface area (Å²) in [6.07, 6.45) is 6.60. The molecule has 4 rings (SSSR count). The lowest BCUT2D eigenvalue weighted by Crippen LogP contribution is -2.44. The van der Waals surface area contributed by atoms with Crippen molar-refractivity contribution in [1.82, 2.24) is 10.6 Å². The van der Waals surface area contributed by atoms with Crippen molar-refractivity contribution in [3.8, 4) is 0 Å². The molecule has 0 bridgehead atoms. The van der Waals surface area contributed by atoms with Gasteiger partial charge in [-0.25, -0.2) is 4.79 Å². The van der Waals surface area contributed by atoms with Crippen LogP contribution in [0.4, 0.5) is 16.2 Å². The van der Waals surface area contributed by atoms with E-state index in [9.17, 15) is 9.59 Å². The zero-order chi connectivity index (χ0) is 19.4. The van der Waals surface area contributed by atoms with Gasteiger partial charge in [0.15, 0.2) is 0 Å². The Morgan fingerprint density at radius 2 is 1.86 bits per heavy atom. The molecular formula is C21H30N4O3. The number of hydrogen-bond donors (Lipinski definition) is 4. The average molecular weight is 386 g/mol. The Labute approximate surface area is 166 Å². The molecule has 1 aromatic rings. The summed E-state index contributed by atoms with van der Waals surface area (Å²) < 4.78 is 5.50. The van der Waals surface area contributed by atoms with E-state index in [0.29, 0.717) is 18.2 Å². The molecule has 4 N–H and O–H groups in total.